The van der Waals surface area contributed by atoms with Gasteiger partial charge in [-0.25, -0.2) is 9.78 Å². The van der Waals surface area contributed by atoms with Crippen LogP contribution in [0.2, 0.25) is 0 Å². The van der Waals surface area contributed by atoms with Crippen molar-refractivity contribution in [2.45, 2.75) is 0 Å². The summed E-state index contributed by atoms with van der Waals surface area (Å²) in [6.07, 6.45) is 3.08. The highest BCUT2D eigenvalue weighted by atomic mass is 127. The molecular weight excluding hydrogens is 397 g/mol. The highest BCUT2D eigenvalue weighted by molar-refractivity contribution is 14.1. The lowest BCUT2D eigenvalue weighted by atomic mass is 10.3. The number of nitrogens with zero attached hydrogens (tertiary/aromatic N) is 1. The normalized spacial score (nSPS) is 11.1. The van der Waals surface area contributed by atoms with Crippen molar-refractivity contribution in [2.75, 3.05) is 0 Å². The third-order valence-corrected chi connectivity index (χ3v) is 4.36. The number of carbonyl (C=O) groups is 1. The van der Waals surface area contributed by atoms with Crippen molar-refractivity contribution in [2.24, 2.45) is 0 Å². The smallest absolute Gasteiger partial charge is 0.336 e. The third-order valence-electron chi connectivity index (χ3n) is 2.69. The van der Waals surface area contributed by atoms with Crippen LogP contribution in [0.15, 0.2) is 54.6 Å². The van der Waals surface area contributed by atoms with Crippen LogP contribution in [0.3, 0.4) is 0 Å². The zero-order chi connectivity index (χ0) is 14.7. The number of carbonyl (C=O) groups excluding carboxylic acids is 1. The van der Waals surface area contributed by atoms with Crippen LogP contribution >= 0.6 is 33.9 Å². The summed E-state index contributed by atoms with van der Waals surface area (Å²) in [6, 6.07) is 15.2. The van der Waals surface area contributed by atoms with E-state index in [1.54, 1.807) is 23.5 Å². The summed E-state index contributed by atoms with van der Waals surface area (Å²) in [5.74, 6) is 0.136. The number of hydrogen-bond acceptors (Lipinski definition) is 4. The third kappa shape index (κ3) is 3.68. The van der Waals surface area contributed by atoms with Crippen LogP contribution in [0.25, 0.3) is 16.3 Å². The number of esters is 1. The molecule has 0 aliphatic heterocycles. The summed E-state index contributed by atoms with van der Waals surface area (Å²) in [5, 5.41) is 0.788. The molecule has 3 aromatic rings. The van der Waals surface area contributed by atoms with E-state index in [9.17, 15) is 4.79 Å². The van der Waals surface area contributed by atoms with Crippen molar-refractivity contribution in [3.63, 3.8) is 0 Å². The van der Waals surface area contributed by atoms with Gasteiger partial charge in [0, 0.05) is 9.65 Å². The molecule has 0 saturated carbocycles. The van der Waals surface area contributed by atoms with Gasteiger partial charge in [-0.15, -0.1) is 11.3 Å². The summed E-state index contributed by atoms with van der Waals surface area (Å²) in [5.41, 5.74) is 0.938. The summed E-state index contributed by atoms with van der Waals surface area (Å²) < 4.78 is 7.36. The van der Waals surface area contributed by atoms with Crippen molar-refractivity contribution >= 4 is 56.2 Å². The number of rotatable bonds is 3. The number of para-hydroxylation sites is 1. The van der Waals surface area contributed by atoms with Crippen molar-refractivity contribution < 1.29 is 9.53 Å². The van der Waals surface area contributed by atoms with Crippen LogP contribution in [-0.4, -0.2) is 11.0 Å². The Hall–Kier alpha value is -1.73. The number of aromatic nitrogens is 1. The molecule has 2 aromatic carbocycles. The molecule has 0 atom stereocenters. The minimum Gasteiger partial charge on any atom is -0.423 e. The van der Waals surface area contributed by atoms with E-state index in [-0.39, 0.29) is 0 Å². The minimum absolute atomic E-state index is 0.406. The topological polar surface area (TPSA) is 39.2 Å². The molecule has 0 saturated heterocycles. The van der Waals surface area contributed by atoms with Crippen molar-refractivity contribution in [1.82, 2.24) is 4.98 Å². The zero-order valence-corrected chi connectivity index (χ0v) is 13.8. The predicted octanol–water partition coefficient (Wildman–Crippen LogP) is 4.52. The maximum absolute atomic E-state index is 11.8. The van der Waals surface area contributed by atoms with Gasteiger partial charge in [0.05, 0.1) is 10.2 Å². The van der Waals surface area contributed by atoms with Gasteiger partial charge in [0.25, 0.3) is 0 Å². The van der Waals surface area contributed by atoms with Crippen molar-refractivity contribution in [3.8, 4) is 5.75 Å². The maximum atomic E-state index is 11.8. The van der Waals surface area contributed by atoms with Gasteiger partial charge in [-0.1, -0.05) is 18.2 Å². The van der Waals surface area contributed by atoms with Crippen LogP contribution in [-0.2, 0) is 4.79 Å². The van der Waals surface area contributed by atoms with E-state index in [4.69, 9.17) is 4.74 Å². The van der Waals surface area contributed by atoms with Gasteiger partial charge >= 0.3 is 5.97 Å². The molecule has 3 nitrogen and oxygen atoms in total. The standard InChI is InChI=1S/C16H10INO2S/c17-11-4-3-5-12(10-11)20-16(19)9-8-15-18-13-6-1-2-7-14(13)21-15/h1-10H/b9-8+. The quantitative estimate of drug-likeness (QED) is 0.278. The first-order valence-electron chi connectivity index (χ1n) is 6.22. The largest absolute Gasteiger partial charge is 0.423 e. The second-order valence-electron chi connectivity index (χ2n) is 4.23. The summed E-state index contributed by atoms with van der Waals surface area (Å²) in [6.45, 7) is 0. The molecule has 3 rings (SSSR count). The average Bonchev–Trinajstić information content (AvgIpc) is 2.88. The monoisotopic (exact) mass is 407 g/mol. The Balaban J connectivity index is 1.71. The Labute approximate surface area is 139 Å². The Morgan fingerprint density at radius 3 is 2.86 bits per heavy atom. The average molecular weight is 407 g/mol. The molecule has 0 radical (unpaired) electrons. The zero-order valence-electron chi connectivity index (χ0n) is 10.8. The molecule has 104 valence electrons. The molecule has 21 heavy (non-hydrogen) atoms. The Morgan fingerprint density at radius 1 is 1.19 bits per heavy atom. The number of hydrogen-bond donors (Lipinski definition) is 0. The van der Waals surface area contributed by atoms with Crippen LogP contribution < -0.4 is 4.74 Å². The number of ether oxygens (including phenoxy) is 1. The van der Waals surface area contributed by atoms with Gasteiger partial charge in [-0.05, 0) is 59.0 Å². The number of halogens is 1. The summed E-state index contributed by atoms with van der Waals surface area (Å²) in [4.78, 5) is 16.2. The lowest BCUT2D eigenvalue weighted by molar-refractivity contribution is -0.128. The molecule has 0 N–H and O–H groups in total. The molecular formula is C16H10INO2S. The lowest BCUT2D eigenvalue weighted by Crippen LogP contribution is -2.03. The van der Waals surface area contributed by atoms with Gasteiger partial charge in [0.1, 0.15) is 10.8 Å². The molecule has 1 heterocycles. The van der Waals surface area contributed by atoms with Crippen LogP contribution in [0, 0.1) is 3.57 Å². The van der Waals surface area contributed by atoms with Gasteiger partial charge in [0.15, 0.2) is 0 Å². The molecule has 0 bridgehead atoms. The first kappa shape index (κ1) is 14.2. The second kappa shape index (κ2) is 6.36. The van der Waals surface area contributed by atoms with E-state index in [2.05, 4.69) is 27.6 Å². The van der Waals surface area contributed by atoms with Crippen LogP contribution in [0.1, 0.15) is 5.01 Å². The Bertz CT molecular complexity index is 793. The maximum Gasteiger partial charge on any atom is 0.336 e. The number of thiazole rings is 1. The van der Waals surface area contributed by atoms with Crippen LogP contribution in [0.4, 0.5) is 0 Å². The van der Waals surface area contributed by atoms with Crippen LogP contribution in [0.5, 0.6) is 5.75 Å². The molecule has 5 heteroatoms. The fourth-order valence-corrected chi connectivity index (χ4v) is 3.17. The first-order valence-corrected chi connectivity index (χ1v) is 8.11. The van der Waals surface area contributed by atoms with Gasteiger partial charge < -0.3 is 4.74 Å². The molecule has 0 amide bonds. The van der Waals surface area contributed by atoms with E-state index in [1.807, 2.05) is 42.5 Å². The van der Waals surface area contributed by atoms with E-state index in [0.717, 1.165) is 18.8 Å². The van der Waals surface area contributed by atoms with Gasteiger partial charge in [-0.3, -0.25) is 0 Å². The van der Waals surface area contributed by atoms with Gasteiger partial charge in [0.2, 0.25) is 0 Å². The Kier molecular flexibility index (Phi) is 4.31. The molecule has 0 spiro atoms. The fourth-order valence-electron chi connectivity index (χ4n) is 1.78. The van der Waals surface area contributed by atoms with Gasteiger partial charge in [-0.2, -0.15) is 0 Å². The van der Waals surface area contributed by atoms with E-state index in [0.29, 0.717) is 5.75 Å². The fraction of sp³-hybridized carbons (Fsp3) is 0. The molecule has 0 fully saturated rings. The number of fused-ring (bicyclic) bond motifs is 1. The van der Waals surface area contributed by atoms with Crippen molar-refractivity contribution in [3.05, 3.63) is 63.2 Å². The second-order valence-corrected chi connectivity index (χ2v) is 6.54. The van der Waals surface area contributed by atoms with E-state index in [1.165, 1.54) is 6.08 Å². The molecule has 1 aromatic heterocycles. The summed E-state index contributed by atoms with van der Waals surface area (Å²) >= 11 is 3.71. The first-order chi connectivity index (χ1) is 10.2. The van der Waals surface area contributed by atoms with Crippen molar-refractivity contribution in [1.29, 1.82) is 0 Å². The highest BCUT2D eigenvalue weighted by Gasteiger charge is 2.03. The predicted molar refractivity (Wildman–Crippen MR) is 93.4 cm³/mol. The minimum atomic E-state index is -0.406. The molecule has 0 unspecified atom stereocenters. The van der Waals surface area contributed by atoms with E-state index >= 15 is 0 Å². The highest BCUT2D eigenvalue weighted by Crippen LogP contribution is 2.22. The molecule has 0 aliphatic carbocycles. The van der Waals surface area contributed by atoms with E-state index < -0.39 is 5.97 Å². The summed E-state index contributed by atoms with van der Waals surface area (Å²) in [7, 11) is 0. The Morgan fingerprint density at radius 2 is 2.05 bits per heavy atom. The lowest BCUT2D eigenvalue weighted by Gasteiger charge is -2.00. The number of benzene rings is 2. The SMILES string of the molecule is O=C(/C=C/c1nc2ccccc2s1)Oc1cccc(I)c1. The molecule has 0 aliphatic rings.